The zero-order valence-electron chi connectivity index (χ0n) is 12.6. The molecule has 0 saturated heterocycles. The number of aromatic nitrogens is 2. The van der Waals surface area contributed by atoms with E-state index >= 15 is 0 Å². The predicted molar refractivity (Wildman–Crippen MR) is 83.0 cm³/mol. The van der Waals surface area contributed by atoms with Gasteiger partial charge in [0.15, 0.2) is 5.69 Å². The van der Waals surface area contributed by atoms with Crippen molar-refractivity contribution >= 4 is 11.6 Å². The molecule has 23 heavy (non-hydrogen) atoms. The van der Waals surface area contributed by atoms with Gasteiger partial charge in [0.05, 0.1) is 11.0 Å². The van der Waals surface area contributed by atoms with Gasteiger partial charge in [0, 0.05) is 42.9 Å². The number of fused-ring (bicyclic) bond motifs is 1. The minimum absolute atomic E-state index is 0.00458. The average Bonchev–Trinajstić information content (AvgIpc) is 2.99. The van der Waals surface area contributed by atoms with Gasteiger partial charge in [0.25, 0.3) is 11.6 Å². The number of benzene rings is 1. The number of aromatic amines is 1. The molecule has 1 unspecified atom stereocenters. The highest BCUT2D eigenvalue weighted by Crippen LogP contribution is 2.20. The van der Waals surface area contributed by atoms with Gasteiger partial charge in [-0.25, -0.2) is 0 Å². The van der Waals surface area contributed by atoms with Crippen molar-refractivity contribution in [3.05, 3.63) is 56.9 Å². The maximum absolute atomic E-state index is 12.4. The van der Waals surface area contributed by atoms with Gasteiger partial charge in [-0.2, -0.15) is 5.10 Å². The summed E-state index contributed by atoms with van der Waals surface area (Å²) in [6, 6.07) is 5.89. The van der Waals surface area contributed by atoms with Crippen molar-refractivity contribution in [1.82, 2.24) is 20.8 Å². The van der Waals surface area contributed by atoms with E-state index < -0.39 is 4.92 Å². The fourth-order valence-electron chi connectivity index (χ4n) is 2.67. The van der Waals surface area contributed by atoms with Crippen molar-refractivity contribution < 1.29 is 9.72 Å². The topological polar surface area (TPSA) is 113 Å². The normalized spacial score (nSPS) is 14.8. The monoisotopic (exact) mass is 315 g/mol. The van der Waals surface area contributed by atoms with Crippen LogP contribution in [-0.2, 0) is 13.0 Å². The molecule has 2 heterocycles. The molecule has 8 heteroatoms. The van der Waals surface area contributed by atoms with Crippen LogP contribution in [0.25, 0.3) is 0 Å². The summed E-state index contributed by atoms with van der Waals surface area (Å²) in [6.45, 7) is 3.26. The Morgan fingerprint density at radius 2 is 2.30 bits per heavy atom. The summed E-state index contributed by atoms with van der Waals surface area (Å²) < 4.78 is 0. The summed E-state index contributed by atoms with van der Waals surface area (Å²) in [7, 11) is 0. The molecule has 1 aromatic carbocycles. The first-order valence-corrected chi connectivity index (χ1v) is 7.38. The summed E-state index contributed by atoms with van der Waals surface area (Å²) in [4.78, 5) is 22.8. The maximum Gasteiger partial charge on any atom is 0.272 e. The lowest BCUT2D eigenvalue weighted by Crippen LogP contribution is -2.30. The first kappa shape index (κ1) is 15.2. The molecular formula is C15H17N5O3. The third kappa shape index (κ3) is 3.07. The number of non-ortho nitro benzene ring substituents is 1. The molecular weight excluding hydrogens is 298 g/mol. The van der Waals surface area contributed by atoms with Gasteiger partial charge in [-0.15, -0.1) is 0 Å². The van der Waals surface area contributed by atoms with Gasteiger partial charge < -0.3 is 10.6 Å². The Kier molecular flexibility index (Phi) is 4.07. The second kappa shape index (κ2) is 6.17. The molecule has 3 rings (SSSR count). The van der Waals surface area contributed by atoms with Crippen molar-refractivity contribution in [1.29, 1.82) is 0 Å². The largest absolute Gasteiger partial charge is 0.344 e. The van der Waals surface area contributed by atoms with Crippen LogP contribution >= 0.6 is 0 Å². The third-order valence-corrected chi connectivity index (χ3v) is 3.95. The highest BCUT2D eigenvalue weighted by atomic mass is 16.6. The van der Waals surface area contributed by atoms with Crippen LogP contribution in [0.1, 0.15) is 40.3 Å². The fraction of sp³-hybridized carbons (Fsp3) is 0.333. The second-order valence-electron chi connectivity index (χ2n) is 5.50. The second-order valence-corrected chi connectivity index (χ2v) is 5.50. The van der Waals surface area contributed by atoms with Crippen LogP contribution in [0.3, 0.4) is 0 Å². The molecule has 1 aromatic heterocycles. The van der Waals surface area contributed by atoms with E-state index in [-0.39, 0.29) is 17.6 Å². The first-order valence-electron chi connectivity index (χ1n) is 7.38. The average molecular weight is 315 g/mol. The number of nitro groups is 1. The van der Waals surface area contributed by atoms with Crippen LogP contribution in [0, 0.1) is 10.1 Å². The summed E-state index contributed by atoms with van der Waals surface area (Å²) >= 11 is 0. The molecule has 0 radical (unpaired) electrons. The quantitative estimate of drug-likeness (QED) is 0.584. The van der Waals surface area contributed by atoms with Crippen molar-refractivity contribution in [3.8, 4) is 0 Å². The third-order valence-electron chi connectivity index (χ3n) is 3.95. The van der Waals surface area contributed by atoms with Crippen LogP contribution in [-0.4, -0.2) is 27.6 Å². The number of rotatable bonds is 4. The van der Waals surface area contributed by atoms with E-state index in [0.29, 0.717) is 17.8 Å². The molecule has 0 fully saturated rings. The van der Waals surface area contributed by atoms with E-state index in [1.54, 1.807) is 19.1 Å². The SMILES string of the molecule is CC(NC(=O)c1n[nH]c2c1CNCC2)c1cccc([N+](=O)[O-])c1. The number of carbonyl (C=O) groups excluding carboxylic acids is 1. The molecule has 1 atom stereocenters. The van der Waals surface area contributed by atoms with Crippen molar-refractivity contribution in [2.24, 2.45) is 0 Å². The highest BCUT2D eigenvalue weighted by Gasteiger charge is 2.23. The molecule has 0 spiro atoms. The number of nitrogens with one attached hydrogen (secondary N) is 3. The number of nitro benzene ring substituents is 1. The van der Waals surface area contributed by atoms with E-state index in [1.807, 2.05) is 0 Å². The van der Waals surface area contributed by atoms with E-state index in [9.17, 15) is 14.9 Å². The van der Waals surface area contributed by atoms with E-state index in [4.69, 9.17) is 0 Å². The van der Waals surface area contributed by atoms with Crippen LogP contribution in [0.5, 0.6) is 0 Å². The van der Waals surface area contributed by atoms with Gasteiger partial charge in [-0.3, -0.25) is 20.0 Å². The number of nitrogens with zero attached hydrogens (tertiary/aromatic N) is 2. The van der Waals surface area contributed by atoms with Crippen LogP contribution in [0.2, 0.25) is 0 Å². The molecule has 1 aliphatic heterocycles. The summed E-state index contributed by atoms with van der Waals surface area (Å²) in [5, 5.41) is 23.9. The van der Waals surface area contributed by atoms with Crippen molar-refractivity contribution in [2.75, 3.05) is 6.54 Å². The minimum Gasteiger partial charge on any atom is -0.344 e. The number of H-pyrrole nitrogens is 1. The van der Waals surface area contributed by atoms with Crippen LogP contribution in [0.15, 0.2) is 24.3 Å². The lowest BCUT2D eigenvalue weighted by Gasteiger charge is -2.15. The summed E-state index contributed by atoms with van der Waals surface area (Å²) in [5.41, 5.74) is 2.93. The Hall–Kier alpha value is -2.74. The van der Waals surface area contributed by atoms with Gasteiger partial charge in [-0.05, 0) is 12.5 Å². The number of carbonyl (C=O) groups is 1. The van der Waals surface area contributed by atoms with Gasteiger partial charge in [0.2, 0.25) is 0 Å². The molecule has 3 N–H and O–H groups in total. The van der Waals surface area contributed by atoms with E-state index in [1.165, 1.54) is 12.1 Å². The Labute approximate surface area is 132 Å². The number of hydrogen-bond acceptors (Lipinski definition) is 5. The van der Waals surface area contributed by atoms with Crippen molar-refractivity contribution in [3.63, 3.8) is 0 Å². The standard InChI is InChI=1S/C15H17N5O3/c1-9(10-3-2-4-11(7-10)20(22)23)17-15(21)14-12-8-16-6-5-13(12)18-19-14/h2-4,7,9,16H,5-6,8H2,1H3,(H,17,21)(H,18,19). The maximum atomic E-state index is 12.4. The molecule has 1 amide bonds. The smallest absolute Gasteiger partial charge is 0.272 e. The Morgan fingerprint density at radius 1 is 1.48 bits per heavy atom. The Bertz CT molecular complexity index is 755. The highest BCUT2D eigenvalue weighted by molar-refractivity contribution is 5.94. The lowest BCUT2D eigenvalue weighted by atomic mass is 10.1. The molecule has 0 saturated carbocycles. The van der Waals surface area contributed by atoms with Gasteiger partial charge in [-0.1, -0.05) is 12.1 Å². The molecule has 1 aliphatic rings. The zero-order chi connectivity index (χ0) is 16.4. The molecule has 0 bridgehead atoms. The first-order chi connectivity index (χ1) is 11.1. The number of hydrogen-bond donors (Lipinski definition) is 3. The van der Waals surface area contributed by atoms with Gasteiger partial charge in [0.1, 0.15) is 0 Å². The fourth-order valence-corrected chi connectivity index (χ4v) is 2.67. The lowest BCUT2D eigenvalue weighted by molar-refractivity contribution is -0.384. The van der Waals surface area contributed by atoms with Crippen molar-refractivity contribution in [2.45, 2.75) is 25.9 Å². The Balaban J connectivity index is 1.76. The number of amides is 1. The molecule has 2 aromatic rings. The van der Waals surface area contributed by atoms with Crippen LogP contribution < -0.4 is 10.6 Å². The van der Waals surface area contributed by atoms with E-state index in [0.717, 1.165) is 24.2 Å². The van der Waals surface area contributed by atoms with Gasteiger partial charge >= 0.3 is 0 Å². The predicted octanol–water partition coefficient (Wildman–Crippen LogP) is 1.45. The molecule has 8 nitrogen and oxygen atoms in total. The molecule has 120 valence electrons. The molecule has 0 aliphatic carbocycles. The minimum atomic E-state index is -0.451. The zero-order valence-corrected chi connectivity index (χ0v) is 12.6. The van der Waals surface area contributed by atoms with Crippen LogP contribution in [0.4, 0.5) is 5.69 Å². The Morgan fingerprint density at radius 3 is 3.09 bits per heavy atom. The van der Waals surface area contributed by atoms with E-state index in [2.05, 4.69) is 20.8 Å². The summed E-state index contributed by atoms with van der Waals surface area (Å²) in [5.74, 6) is -0.287. The summed E-state index contributed by atoms with van der Waals surface area (Å²) in [6.07, 6.45) is 0.816.